The number of carbonyl (C=O) groups is 1. The van der Waals surface area contributed by atoms with E-state index in [4.69, 9.17) is 9.72 Å². The van der Waals surface area contributed by atoms with Gasteiger partial charge in [-0.15, -0.1) is 0 Å². The Balaban J connectivity index is 1.86. The smallest absolute Gasteiger partial charge is 0.227 e. The molecule has 2 heterocycles. The molecule has 1 aliphatic heterocycles. The Hall–Kier alpha value is -2.36. The van der Waals surface area contributed by atoms with E-state index in [-0.39, 0.29) is 11.3 Å². The van der Waals surface area contributed by atoms with E-state index in [0.29, 0.717) is 5.92 Å². The van der Waals surface area contributed by atoms with Crippen molar-refractivity contribution < 1.29 is 9.53 Å². The van der Waals surface area contributed by atoms with Crippen LogP contribution in [0, 0.1) is 12.3 Å². The Morgan fingerprint density at radius 2 is 1.85 bits per heavy atom. The zero-order valence-corrected chi connectivity index (χ0v) is 17.1. The standard InChI is InChI=1S/C23H30N2O2/c1-16-13-19(17-8-10-20(27-5)11-9-17)14-21(24-16)18-7-6-12-25(15-18)22(26)23(2,3)4/h8-11,13-14,18H,6-7,12,15H2,1-5H3/t18-/m1/s1. The van der Waals surface area contributed by atoms with Gasteiger partial charge in [-0.1, -0.05) is 32.9 Å². The summed E-state index contributed by atoms with van der Waals surface area (Å²) < 4.78 is 5.26. The first-order chi connectivity index (χ1) is 12.8. The molecule has 0 N–H and O–H groups in total. The summed E-state index contributed by atoms with van der Waals surface area (Å²) in [7, 11) is 1.68. The van der Waals surface area contributed by atoms with Gasteiger partial charge in [0.25, 0.3) is 0 Å². The number of aryl methyl sites for hydroxylation is 1. The average Bonchev–Trinajstić information content (AvgIpc) is 2.66. The molecule has 1 aromatic carbocycles. The highest BCUT2D eigenvalue weighted by Crippen LogP contribution is 2.31. The first kappa shape index (κ1) is 19.4. The molecule has 1 amide bonds. The van der Waals surface area contributed by atoms with Crippen molar-refractivity contribution >= 4 is 5.91 Å². The summed E-state index contributed by atoms with van der Waals surface area (Å²) in [5, 5.41) is 0. The summed E-state index contributed by atoms with van der Waals surface area (Å²) in [4.78, 5) is 19.5. The molecule has 0 radical (unpaired) electrons. The van der Waals surface area contributed by atoms with Crippen LogP contribution in [0.25, 0.3) is 11.1 Å². The summed E-state index contributed by atoms with van der Waals surface area (Å²) in [5.74, 6) is 1.38. The second kappa shape index (κ2) is 7.71. The number of piperidine rings is 1. The number of benzene rings is 1. The number of hydrogen-bond donors (Lipinski definition) is 0. The number of carbonyl (C=O) groups excluding carboxylic acids is 1. The number of ether oxygens (including phenoxy) is 1. The van der Waals surface area contributed by atoms with Crippen LogP contribution in [-0.4, -0.2) is 36.0 Å². The van der Waals surface area contributed by atoms with Gasteiger partial charge < -0.3 is 9.64 Å². The first-order valence-electron chi connectivity index (χ1n) is 9.70. The predicted octanol–water partition coefficient (Wildman–Crippen LogP) is 4.82. The summed E-state index contributed by atoms with van der Waals surface area (Å²) in [6, 6.07) is 12.4. The lowest BCUT2D eigenvalue weighted by Crippen LogP contribution is -2.44. The fourth-order valence-corrected chi connectivity index (χ4v) is 3.73. The molecule has 0 spiro atoms. The minimum absolute atomic E-state index is 0.232. The maximum atomic E-state index is 12.7. The lowest BCUT2D eigenvalue weighted by molar-refractivity contribution is -0.140. The van der Waals surface area contributed by atoms with E-state index in [0.717, 1.165) is 48.6 Å². The first-order valence-corrected chi connectivity index (χ1v) is 9.70. The van der Waals surface area contributed by atoms with Crippen molar-refractivity contribution in [3.63, 3.8) is 0 Å². The van der Waals surface area contributed by atoms with Crippen molar-refractivity contribution in [3.8, 4) is 16.9 Å². The largest absolute Gasteiger partial charge is 0.497 e. The van der Waals surface area contributed by atoms with E-state index in [9.17, 15) is 4.79 Å². The van der Waals surface area contributed by atoms with Gasteiger partial charge in [-0.2, -0.15) is 0 Å². The van der Waals surface area contributed by atoms with Gasteiger partial charge in [-0.05, 0) is 55.2 Å². The zero-order chi connectivity index (χ0) is 19.6. The topological polar surface area (TPSA) is 42.4 Å². The zero-order valence-electron chi connectivity index (χ0n) is 17.1. The van der Waals surface area contributed by atoms with Gasteiger partial charge in [0.2, 0.25) is 5.91 Å². The maximum absolute atomic E-state index is 12.7. The van der Waals surface area contributed by atoms with Gasteiger partial charge in [0, 0.05) is 35.8 Å². The number of aromatic nitrogens is 1. The second-order valence-electron chi connectivity index (χ2n) is 8.49. The Bertz CT molecular complexity index is 806. The third-order valence-electron chi connectivity index (χ3n) is 5.17. The minimum atomic E-state index is -0.337. The fourth-order valence-electron chi connectivity index (χ4n) is 3.73. The number of hydrogen-bond acceptors (Lipinski definition) is 3. The Morgan fingerprint density at radius 1 is 1.15 bits per heavy atom. The van der Waals surface area contributed by atoms with Crippen LogP contribution in [-0.2, 0) is 4.79 Å². The quantitative estimate of drug-likeness (QED) is 0.782. The van der Waals surface area contributed by atoms with Crippen LogP contribution < -0.4 is 4.74 Å². The number of likely N-dealkylation sites (tertiary alicyclic amines) is 1. The molecule has 1 fully saturated rings. The van der Waals surface area contributed by atoms with Gasteiger partial charge in [0.05, 0.1) is 7.11 Å². The van der Waals surface area contributed by atoms with Crippen molar-refractivity contribution in [3.05, 3.63) is 47.8 Å². The molecule has 0 unspecified atom stereocenters. The second-order valence-corrected chi connectivity index (χ2v) is 8.49. The van der Waals surface area contributed by atoms with E-state index >= 15 is 0 Å². The highest BCUT2D eigenvalue weighted by molar-refractivity contribution is 5.81. The fraction of sp³-hybridized carbons (Fsp3) is 0.478. The Labute approximate surface area is 162 Å². The molecule has 1 aliphatic rings. The molecular weight excluding hydrogens is 336 g/mol. The summed E-state index contributed by atoms with van der Waals surface area (Å²) in [6.45, 7) is 9.62. The van der Waals surface area contributed by atoms with Gasteiger partial charge >= 0.3 is 0 Å². The third-order valence-corrected chi connectivity index (χ3v) is 5.17. The van der Waals surface area contributed by atoms with Gasteiger partial charge in [0.1, 0.15) is 5.75 Å². The molecule has 1 atom stereocenters. The molecule has 2 aromatic rings. The van der Waals surface area contributed by atoms with Crippen LogP contribution in [0.1, 0.15) is 50.9 Å². The molecule has 0 saturated carbocycles. The normalized spacial score (nSPS) is 17.7. The van der Waals surface area contributed by atoms with Gasteiger partial charge in [0.15, 0.2) is 0 Å². The molecule has 144 valence electrons. The van der Waals surface area contributed by atoms with Crippen LogP contribution in [0.15, 0.2) is 36.4 Å². The predicted molar refractivity (Wildman–Crippen MR) is 109 cm³/mol. The van der Waals surface area contributed by atoms with Crippen LogP contribution in [0.3, 0.4) is 0 Å². The third kappa shape index (κ3) is 4.49. The maximum Gasteiger partial charge on any atom is 0.227 e. The number of pyridine rings is 1. The number of nitrogens with zero attached hydrogens (tertiary/aromatic N) is 2. The molecule has 1 saturated heterocycles. The minimum Gasteiger partial charge on any atom is -0.497 e. The lowest BCUT2D eigenvalue weighted by Gasteiger charge is -2.36. The Morgan fingerprint density at radius 3 is 2.48 bits per heavy atom. The summed E-state index contributed by atoms with van der Waals surface area (Å²) in [5.41, 5.74) is 4.08. The number of methoxy groups -OCH3 is 1. The van der Waals surface area contributed by atoms with E-state index in [1.165, 1.54) is 5.56 Å². The summed E-state index contributed by atoms with van der Waals surface area (Å²) >= 11 is 0. The number of rotatable bonds is 3. The molecular formula is C23H30N2O2. The van der Waals surface area contributed by atoms with E-state index < -0.39 is 0 Å². The lowest BCUT2D eigenvalue weighted by atomic mass is 9.89. The van der Waals surface area contributed by atoms with Crippen molar-refractivity contribution in [2.45, 2.75) is 46.5 Å². The van der Waals surface area contributed by atoms with Crippen LogP contribution in [0.5, 0.6) is 5.75 Å². The van der Waals surface area contributed by atoms with Crippen molar-refractivity contribution in [1.29, 1.82) is 0 Å². The van der Waals surface area contributed by atoms with Crippen LogP contribution in [0.2, 0.25) is 0 Å². The highest BCUT2D eigenvalue weighted by Gasteiger charge is 2.32. The molecule has 27 heavy (non-hydrogen) atoms. The number of amides is 1. The molecule has 3 rings (SSSR count). The van der Waals surface area contributed by atoms with E-state index in [1.807, 2.05) is 44.7 Å². The highest BCUT2D eigenvalue weighted by atomic mass is 16.5. The van der Waals surface area contributed by atoms with Gasteiger partial charge in [-0.25, -0.2) is 0 Å². The van der Waals surface area contributed by atoms with Crippen molar-refractivity contribution in [2.75, 3.05) is 20.2 Å². The monoisotopic (exact) mass is 366 g/mol. The Kier molecular flexibility index (Phi) is 5.54. The molecule has 4 nitrogen and oxygen atoms in total. The van der Waals surface area contributed by atoms with Crippen LogP contribution in [0.4, 0.5) is 0 Å². The summed E-state index contributed by atoms with van der Waals surface area (Å²) in [6.07, 6.45) is 2.10. The van der Waals surface area contributed by atoms with Crippen LogP contribution >= 0.6 is 0 Å². The molecule has 1 aromatic heterocycles. The van der Waals surface area contributed by atoms with E-state index in [1.54, 1.807) is 7.11 Å². The molecule has 0 bridgehead atoms. The SMILES string of the molecule is COc1ccc(-c2cc(C)nc([C@@H]3CCCN(C(=O)C(C)(C)C)C3)c2)cc1. The van der Waals surface area contributed by atoms with Crippen molar-refractivity contribution in [2.24, 2.45) is 5.41 Å². The van der Waals surface area contributed by atoms with Crippen molar-refractivity contribution in [1.82, 2.24) is 9.88 Å². The van der Waals surface area contributed by atoms with Gasteiger partial charge in [-0.3, -0.25) is 9.78 Å². The van der Waals surface area contributed by atoms with E-state index in [2.05, 4.69) is 24.3 Å². The molecule has 4 heteroatoms. The average molecular weight is 367 g/mol. The molecule has 0 aliphatic carbocycles.